The van der Waals surface area contributed by atoms with E-state index >= 15 is 0 Å². The monoisotopic (exact) mass is 356 g/mol. The zero-order valence-corrected chi connectivity index (χ0v) is 13.2. The average molecular weight is 357 g/mol. The first-order chi connectivity index (χ1) is 10.6. The van der Waals surface area contributed by atoms with Gasteiger partial charge >= 0.3 is 0 Å². The van der Waals surface area contributed by atoms with Crippen LogP contribution in [0.25, 0.3) is 10.8 Å². The highest BCUT2D eigenvalue weighted by Gasteiger charge is 2.14. The minimum absolute atomic E-state index is 0.0249. The van der Waals surface area contributed by atoms with Crippen LogP contribution in [0.3, 0.4) is 0 Å². The van der Waals surface area contributed by atoms with Gasteiger partial charge < -0.3 is 10.2 Å². The summed E-state index contributed by atoms with van der Waals surface area (Å²) in [7, 11) is 0. The van der Waals surface area contributed by atoms with Gasteiger partial charge in [-0.15, -0.1) is 0 Å². The standard InChI is InChI=1S/C18H13BrO3/c19-17-12(6-5-11-3-1-2-4-14(11)17)9-15-16(21)8-7-13(10-20)18(15)22/h1-8,10,21-22H,9H2. The summed E-state index contributed by atoms with van der Waals surface area (Å²) in [5.74, 6) is -0.196. The molecule has 0 bridgehead atoms. The number of rotatable bonds is 3. The van der Waals surface area contributed by atoms with Crippen LogP contribution < -0.4 is 0 Å². The van der Waals surface area contributed by atoms with Gasteiger partial charge in [-0.1, -0.05) is 36.4 Å². The Labute approximate surface area is 136 Å². The molecule has 0 amide bonds. The summed E-state index contributed by atoms with van der Waals surface area (Å²) in [5, 5.41) is 22.3. The van der Waals surface area contributed by atoms with Crippen LogP contribution in [0.15, 0.2) is 53.0 Å². The smallest absolute Gasteiger partial charge is 0.153 e. The van der Waals surface area contributed by atoms with E-state index in [1.54, 1.807) is 0 Å². The summed E-state index contributed by atoms with van der Waals surface area (Å²) in [4.78, 5) is 10.9. The van der Waals surface area contributed by atoms with Crippen molar-refractivity contribution in [3.8, 4) is 11.5 Å². The second-order valence-corrected chi connectivity index (χ2v) is 5.85. The number of fused-ring (bicyclic) bond motifs is 1. The van der Waals surface area contributed by atoms with E-state index in [2.05, 4.69) is 15.9 Å². The Hall–Kier alpha value is -2.33. The number of hydrogen-bond acceptors (Lipinski definition) is 3. The largest absolute Gasteiger partial charge is 0.508 e. The van der Waals surface area contributed by atoms with Crippen LogP contribution in [-0.2, 0) is 6.42 Å². The normalized spacial score (nSPS) is 10.8. The fraction of sp³-hybridized carbons (Fsp3) is 0.0556. The second kappa shape index (κ2) is 5.81. The number of aromatic hydroxyl groups is 2. The first-order valence-electron chi connectivity index (χ1n) is 6.77. The van der Waals surface area contributed by atoms with E-state index in [9.17, 15) is 15.0 Å². The molecule has 0 radical (unpaired) electrons. The molecule has 0 spiro atoms. The van der Waals surface area contributed by atoms with Crippen molar-refractivity contribution in [3.05, 3.63) is 69.7 Å². The molecular formula is C18H13BrO3. The lowest BCUT2D eigenvalue weighted by Crippen LogP contribution is -1.95. The van der Waals surface area contributed by atoms with Crippen LogP contribution in [0, 0.1) is 0 Å². The predicted octanol–water partition coefficient (Wildman–Crippen LogP) is 4.42. The SMILES string of the molecule is O=Cc1ccc(O)c(Cc2ccc3ccccc3c2Br)c1O. The minimum Gasteiger partial charge on any atom is -0.508 e. The quantitative estimate of drug-likeness (QED) is 0.683. The predicted molar refractivity (Wildman–Crippen MR) is 89.6 cm³/mol. The van der Waals surface area contributed by atoms with Crippen LogP contribution in [0.1, 0.15) is 21.5 Å². The molecule has 110 valence electrons. The maximum absolute atomic E-state index is 10.9. The fourth-order valence-electron chi connectivity index (χ4n) is 2.52. The Morgan fingerprint density at radius 3 is 2.55 bits per heavy atom. The van der Waals surface area contributed by atoms with Gasteiger partial charge in [0.2, 0.25) is 0 Å². The van der Waals surface area contributed by atoms with Gasteiger partial charge in [0.1, 0.15) is 11.5 Å². The Kier molecular flexibility index (Phi) is 3.86. The number of benzene rings is 3. The molecule has 0 atom stereocenters. The molecule has 0 fully saturated rings. The molecule has 0 saturated carbocycles. The van der Waals surface area contributed by atoms with E-state index in [0.29, 0.717) is 18.3 Å². The van der Waals surface area contributed by atoms with Gasteiger partial charge in [0.15, 0.2) is 6.29 Å². The third-order valence-corrected chi connectivity index (χ3v) is 4.66. The van der Waals surface area contributed by atoms with Crippen molar-refractivity contribution in [3.63, 3.8) is 0 Å². The highest BCUT2D eigenvalue weighted by molar-refractivity contribution is 9.10. The summed E-state index contributed by atoms with van der Waals surface area (Å²) in [6.07, 6.45) is 0.901. The van der Waals surface area contributed by atoms with Gasteiger partial charge in [0, 0.05) is 16.5 Å². The Balaban J connectivity index is 2.11. The molecule has 3 aromatic carbocycles. The molecule has 0 aliphatic heterocycles. The number of halogens is 1. The molecule has 0 heterocycles. The zero-order valence-electron chi connectivity index (χ0n) is 11.6. The fourth-order valence-corrected chi connectivity index (χ4v) is 3.15. The Morgan fingerprint density at radius 2 is 1.77 bits per heavy atom. The number of aldehydes is 1. The van der Waals surface area contributed by atoms with Crippen molar-refractivity contribution in [1.82, 2.24) is 0 Å². The first kappa shape index (κ1) is 14.6. The molecule has 3 nitrogen and oxygen atoms in total. The van der Waals surface area contributed by atoms with Crippen LogP contribution in [0.2, 0.25) is 0 Å². The zero-order chi connectivity index (χ0) is 15.7. The molecule has 3 aromatic rings. The van der Waals surface area contributed by atoms with E-state index in [-0.39, 0.29) is 17.1 Å². The minimum atomic E-state index is -0.171. The summed E-state index contributed by atoms with van der Waals surface area (Å²) in [6.45, 7) is 0. The lowest BCUT2D eigenvalue weighted by Gasteiger charge is -2.12. The number of phenols is 2. The van der Waals surface area contributed by atoms with Crippen LogP contribution >= 0.6 is 15.9 Å². The lowest BCUT2D eigenvalue weighted by molar-refractivity contribution is 0.112. The van der Waals surface area contributed by atoms with Crippen molar-refractivity contribution in [2.45, 2.75) is 6.42 Å². The molecule has 2 N–H and O–H groups in total. The maximum atomic E-state index is 10.9. The third kappa shape index (κ3) is 2.46. The Bertz CT molecular complexity index is 872. The number of hydrogen-bond donors (Lipinski definition) is 2. The molecule has 22 heavy (non-hydrogen) atoms. The number of carbonyl (C=O) groups excluding carboxylic acids is 1. The maximum Gasteiger partial charge on any atom is 0.153 e. The van der Waals surface area contributed by atoms with Crippen molar-refractivity contribution < 1.29 is 15.0 Å². The molecule has 0 aliphatic rings. The summed E-state index contributed by atoms with van der Waals surface area (Å²) >= 11 is 3.59. The van der Waals surface area contributed by atoms with E-state index in [1.807, 2.05) is 36.4 Å². The van der Waals surface area contributed by atoms with E-state index < -0.39 is 0 Å². The van der Waals surface area contributed by atoms with Crippen LogP contribution in [-0.4, -0.2) is 16.5 Å². The highest BCUT2D eigenvalue weighted by atomic mass is 79.9. The number of phenolic OH excluding ortho intramolecular Hbond substituents is 2. The first-order valence-corrected chi connectivity index (χ1v) is 7.56. The molecule has 0 aromatic heterocycles. The summed E-state index contributed by atoms with van der Waals surface area (Å²) < 4.78 is 0.918. The van der Waals surface area contributed by atoms with E-state index in [1.165, 1.54) is 12.1 Å². The number of carbonyl (C=O) groups is 1. The lowest BCUT2D eigenvalue weighted by atomic mass is 9.98. The highest BCUT2D eigenvalue weighted by Crippen LogP contribution is 2.35. The van der Waals surface area contributed by atoms with Gasteiger partial charge in [-0.05, 0) is 44.4 Å². The van der Waals surface area contributed by atoms with Crippen LogP contribution in [0.4, 0.5) is 0 Å². The third-order valence-electron chi connectivity index (χ3n) is 3.73. The van der Waals surface area contributed by atoms with Gasteiger partial charge in [-0.2, -0.15) is 0 Å². The van der Waals surface area contributed by atoms with Crippen LogP contribution in [0.5, 0.6) is 11.5 Å². The molecule has 4 heteroatoms. The summed E-state index contributed by atoms with van der Waals surface area (Å²) in [6, 6.07) is 14.7. The van der Waals surface area contributed by atoms with Crippen molar-refractivity contribution >= 4 is 33.0 Å². The topological polar surface area (TPSA) is 57.5 Å². The van der Waals surface area contributed by atoms with Crippen molar-refractivity contribution in [1.29, 1.82) is 0 Å². The Morgan fingerprint density at radius 1 is 1.00 bits per heavy atom. The van der Waals surface area contributed by atoms with Gasteiger partial charge in [-0.25, -0.2) is 0 Å². The van der Waals surface area contributed by atoms with E-state index in [4.69, 9.17) is 0 Å². The van der Waals surface area contributed by atoms with Crippen molar-refractivity contribution in [2.24, 2.45) is 0 Å². The molecule has 0 aliphatic carbocycles. The molecular weight excluding hydrogens is 344 g/mol. The van der Waals surface area contributed by atoms with Gasteiger partial charge in [0.25, 0.3) is 0 Å². The summed E-state index contributed by atoms with van der Waals surface area (Å²) in [5.41, 5.74) is 1.44. The second-order valence-electron chi connectivity index (χ2n) is 5.06. The van der Waals surface area contributed by atoms with Gasteiger partial charge in [-0.3, -0.25) is 4.79 Å². The molecule has 3 rings (SSSR count). The van der Waals surface area contributed by atoms with E-state index in [0.717, 1.165) is 20.8 Å². The average Bonchev–Trinajstić information content (AvgIpc) is 2.54. The van der Waals surface area contributed by atoms with Crippen molar-refractivity contribution in [2.75, 3.05) is 0 Å². The van der Waals surface area contributed by atoms with Gasteiger partial charge in [0.05, 0.1) is 5.56 Å². The molecule has 0 unspecified atom stereocenters. The molecule has 0 saturated heterocycles.